The number of fused-ring (bicyclic) bond motifs is 1. The van der Waals surface area contributed by atoms with E-state index in [0.717, 1.165) is 18.4 Å². The number of hydrogen-bond acceptors (Lipinski definition) is 5. The Bertz CT molecular complexity index is 908. The van der Waals surface area contributed by atoms with E-state index >= 15 is 0 Å². The zero-order valence-electron chi connectivity index (χ0n) is 14.2. The van der Waals surface area contributed by atoms with Crippen molar-refractivity contribution in [2.24, 2.45) is 0 Å². The summed E-state index contributed by atoms with van der Waals surface area (Å²) in [6, 6.07) is 7.32. The van der Waals surface area contributed by atoms with Gasteiger partial charge in [0.1, 0.15) is 11.4 Å². The van der Waals surface area contributed by atoms with Gasteiger partial charge in [0, 0.05) is 23.5 Å². The Morgan fingerprint density at radius 2 is 2.04 bits per heavy atom. The summed E-state index contributed by atoms with van der Waals surface area (Å²) >= 11 is 0. The molecule has 1 aliphatic rings. The molecule has 6 nitrogen and oxygen atoms in total. The Balaban J connectivity index is 1.69. The molecule has 0 aliphatic carbocycles. The molecule has 4 rings (SSSR count). The zero-order valence-corrected chi connectivity index (χ0v) is 14.2. The summed E-state index contributed by atoms with van der Waals surface area (Å²) < 4.78 is 11.5. The molecule has 2 aromatic heterocycles. The summed E-state index contributed by atoms with van der Waals surface area (Å²) in [5.41, 5.74) is 1.75. The first-order valence-corrected chi connectivity index (χ1v) is 8.47. The van der Waals surface area contributed by atoms with Crippen molar-refractivity contribution in [3.05, 3.63) is 42.2 Å². The van der Waals surface area contributed by atoms with Crippen LogP contribution in [0.5, 0.6) is 5.75 Å². The second-order valence-electron chi connectivity index (χ2n) is 6.33. The van der Waals surface area contributed by atoms with Crippen LogP contribution in [0.25, 0.3) is 22.8 Å². The van der Waals surface area contributed by atoms with E-state index in [2.05, 4.69) is 29.0 Å². The molecule has 6 heteroatoms. The van der Waals surface area contributed by atoms with Crippen LogP contribution in [-0.4, -0.2) is 26.5 Å². The van der Waals surface area contributed by atoms with E-state index < -0.39 is 5.60 Å². The number of benzene rings is 1. The molecule has 0 spiro atoms. The van der Waals surface area contributed by atoms with Gasteiger partial charge in [-0.3, -0.25) is 4.79 Å². The Hall–Kier alpha value is -2.89. The number of H-pyrrole nitrogens is 1. The predicted molar refractivity (Wildman–Crippen MR) is 92.4 cm³/mol. The lowest BCUT2D eigenvalue weighted by molar-refractivity contribution is 0.0350. The monoisotopic (exact) mass is 337 g/mol. The molecular weight excluding hydrogens is 318 g/mol. The van der Waals surface area contributed by atoms with Crippen molar-refractivity contribution in [3.63, 3.8) is 0 Å². The van der Waals surface area contributed by atoms with Crippen molar-refractivity contribution >= 4 is 5.78 Å². The van der Waals surface area contributed by atoms with E-state index in [0.29, 0.717) is 35.0 Å². The van der Waals surface area contributed by atoms with Crippen LogP contribution in [0.2, 0.25) is 0 Å². The van der Waals surface area contributed by atoms with Gasteiger partial charge in [-0.2, -0.15) is 4.98 Å². The van der Waals surface area contributed by atoms with Crippen LogP contribution in [0, 0.1) is 0 Å². The lowest BCUT2D eigenvalue weighted by atomic mass is 9.85. The quantitative estimate of drug-likeness (QED) is 0.769. The Morgan fingerprint density at radius 3 is 2.76 bits per heavy atom. The molecule has 0 radical (unpaired) electrons. The van der Waals surface area contributed by atoms with Gasteiger partial charge in [0.15, 0.2) is 5.78 Å². The van der Waals surface area contributed by atoms with Crippen LogP contribution in [-0.2, 0) is 0 Å². The van der Waals surface area contributed by atoms with E-state index in [1.165, 1.54) is 0 Å². The number of aromatic amines is 1. The molecule has 1 N–H and O–H groups in total. The largest absolute Gasteiger partial charge is 0.486 e. The molecule has 25 heavy (non-hydrogen) atoms. The summed E-state index contributed by atoms with van der Waals surface area (Å²) in [7, 11) is 0. The minimum absolute atomic E-state index is 0.0946. The molecular formula is C19H19N3O3. The van der Waals surface area contributed by atoms with Gasteiger partial charge in [-0.25, -0.2) is 0 Å². The Labute approximate surface area is 145 Å². The standard InChI is InChI=1S/C19H19N3O3/c1-3-19(4-2)10-15(23)14-9-12(5-6-16(14)24-19)18-21-17(22-25-18)13-7-8-20-11-13/h5-9,11,20H,3-4,10H2,1-2H3. The average Bonchev–Trinajstić information content (AvgIpc) is 3.32. The second kappa shape index (κ2) is 5.88. The highest BCUT2D eigenvalue weighted by Crippen LogP contribution is 2.38. The van der Waals surface area contributed by atoms with Gasteiger partial charge in [0.05, 0.1) is 12.0 Å². The molecule has 0 saturated heterocycles. The second-order valence-corrected chi connectivity index (χ2v) is 6.33. The summed E-state index contributed by atoms with van der Waals surface area (Å²) in [5.74, 6) is 1.62. The third-order valence-corrected chi connectivity index (χ3v) is 4.91. The van der Waals surface area contributed by atoms with Gasteiger partial charge < -0.3 is 14.2 Å². The molecule has 0 bridgehead atoms. The Kier molecular flexibility index (Phi) is 3.67. The highest BCUT2D eigenvalue weighted by Gasteiger charge is 2.37. The van der Waals surface area contributed by atoms with Crippen molar-refractivity contribution in [1.82, 2.24) is 15.1 Å². The van der Waals surface area contributed by atoms with E-state index in [-0.39, 0.29) is 5.78 Å². The number of Topliss-reactive ketones (excluding diaryl/α,β-unsaturated/α-hetero) is 1. The number of carbonyl (C=O) groups excluding carboxylic acids is 1. The number of aromatic nitrogens is 3. The predicted octanol–water partition coefficient (Wildman–Crippen LogP) is 4.26. The summed E-state index contributed by atoms with van der Waals surface area (Å²) in [6.07, 6.45) is 5.61. The van der Waals surface area contributed by atoms with Crippen molar-refractivity contribution in [1.29, 1.82) is 0 Å². The van der Waals surface area contributed by atoms with Crippen LogP contribution in [0.4, 0.5) is 0 Å². The molecule has 3 heterocycles. The molecule has 0 unspecified atom stereocenters. The third-order valence-electron chi connectivity index (χ3n) is 4.91. The zero-order chi connectivity index (χ0) is 17.4. The first-order chi connectivity index (χ1) is 12.1. The molecule has 0 atom stereocenters. The maximum Gasteiger partial charge on any atom is 0.258 e. The van der Waals surface area contributed by atoms with Crippen molar-refractivity contribution in [2.75, 3.05) is 0 Å². The van der Waals surface area contributed by atoms with Crippen LogP contribution in [0.15, 0.2) is 41.2 Å². The number of rotatable bonds is 4. The first kappa shape index (κ1) is 15.6. The van der Waals surface area contributed by atoms with E-state index in [4.69, 9.17) is 9.26 Å². The summed E-state index contributed by atoms with van der Waals surface area (Å²) in [5, 5.41) is 3.99. The topological polar surface area (TPSA) is 81.0 Å². The molecule has 0 saturated carbocycles. The van der Waals surface area contributed by atoms with E-state index in [1.54, 1.807) is 18.5 Å². The number of nitrogens with one attached hydrogen (secondary N) is 1. The molecule has 1 aromatic carbocycles. The molecule has 0 fully saturated rings. The highest BCUT2D eigenvalue weighted by atomic mass is 16.5. The lowest BCUT2D eigenvalue weighted by Crippen LogP contribution is -2.40. The molecule has 1 aliphatic heterocycles. The fourth-order valence-electron chi connectivity index (χ4n) is 3.19. The minimum atomic E-state index is -0.391. The van der Waals surface area contributed by atoms with Gasteiger partial charge in [-0.15, -0.1) is 0 Å². The molecule has 128 valence electrons. The number of nitrogens with zero attached hydrogens (tertiary/aromatic N) is 2. The van der Waals surface area contributed by atoms with Crippen LogP contribution in [0.3, 0.4) is 0 Å². The fourth-order valence-corrected chi connectivity index (χ4v) is 3.19. The van der Waals surface area contributed by atoms with Crippen LogP contribution >= 0.6 is 0 Å². The summed E-state index contributed by atoms with van der Waals surface area (Å²) in [6.45, 7) is 4.11. The van der Waals surface area contributed by atoms with Gasteiger partial charge >= 0.3 is 0 Å². The van der Waals surface area contributed by atoms with E-state index in [9.17, 15) is 4.79 Å². The van der Waals surface area contributed by atoms with Crippen LogP contribution < -0.4 is 4.74 Å². The molecule has 3 aromatic rings. The number of ether oxygens (including phenoxy) is 1. The fraction of sp³-hybridized carbons (Fsp3) is 0.316. The van der Waals surface area contributed by atoms with Gasteiger partial charge in [0.25, 0.3) is 5.89 Å². The van der Waals surface area contributed by atoms with E-state index in [1.807, 2.05) is 18.2 Å². The minimum Gasteiger partial charge on any atom is -0.486 e. The van der Waals surface area contributed by atoms with Crippen molar-refractivity contribution < 1.29 is 14.1 Å². The third kappa shape index (κ3) is 2.63. The van der Waals surface area contributed by atoms with Gasteiger partial charge in [-0.1, -0.05) is 19.0 Å². The van der Waals surface area contributed by atoms with Crippen LogP contribution in [0.1, 0.15) is 43.5 Å². The smallest absolute Gasteiger partial charge is 0.258 e. The highest BCUT2D eigenvalue weighted by molar-refractivity contribution is 6.01. The number of hydrogen-bond donors (Lipinski definition) is 1. The Morgan fingerprint density at radius 1 is 1.20 bits per heavy atom. The number of ketones is 1. The average molecular weight is 337 g/mol. The first-order valence-electron chi connectivity index (χ1n) is 8.47. The number of carbonyl (C=O) groups is 1. The normalized spacial score (nSPS) is 15.7. The van der Waals surface area contributed by atoms with Crippen molar-refractivity contribution in [3.8, 4) is 28.6 Å². The van der Waals surface area contributed by atoms with Gasteiger partial charge in [0.2, 0.25) is 5.82 Å². The van der Waals surface area contributed by atoms with Crippen molar-refractivity contribution in [2.45, 2.75) is 38.7 Å². The summed E-state index contributed by atoms with van der Waals surface area (Å²) in [4.78, 5) is 20.0. The molecule has 0 amide bonds. The maximum absolute atomic E-state index is 12.6. The SMILES string of the molecule is CCC1(CC)CC(=O)c2cc(-c3nc(-c4cc[nH]c4)no3)ccc2O1. The van der Waals surface area contributed by atoms with Gasteiger partial charge in [-0.05, 0) is 37.1 Å². The lowest BCUT2D eigenvalue weighted by Gasteiger charge is -2.36. The maximum atomic E-state index is 12.6.